The van der Waals surface area contributed by atoms with Crippen molar-refractivity contribution in [1.82, 2.24) is 20.3 Å². The van der Waals surface area contributed by atoms with Crippen LogP contribution in [0.1, 0.15) is 96.1 Å². The molecule has 0 radical (unpaired) electrons. The lowest BCUT2D eigenvalue weighted by Crippen LogP contribution is -2.60. The lowest BCUT2D eigenvalue weighted by molar-refractivity contribution is -0.143. The number of alkyl carbamates (subject to hydrolysis) is 1. The highest BCUT2D eigenvalue weighted by Gasteiger charge is 2.67. The van der Waals surface area contributed by atoms with Gasteiger partial charge in [-0.15, -0.1) is 0 Å². The largest absolute Gasteiger partial charge is 0.450 e. The van der Waals surface area contributed by atoms with Crippen LogP contribution in [0.5, 0.6) is 0 Å². The topological polar surface area (TPSA) is 160 Å². The normalized spacial score (nSPS) is 29.1. The fourth-order valence-corrected chi connectivity index (χ4v) is 10.1. The van der Waals surface area contributed by atoms with Crippen molar-refractivity contribution >= 4 is 45.4 Å². The van der Waals surface area contributed by atoms with Crippen molar-refractivity contribution in [2.75, 3.05) is 20.3 Å². The van der Waals surface area contributed by atoms with Gasteiger partial charge >= 0.3 is 6.09 Å². The zero-order valence-corrected chi connectivity index (χ0v) is 33.7. The minimum absolute atomic E-state index is 0.0210. The minimum atomic E-state index is -3.87. The number of nitrogens with zero attached hydrogens (tertiary/aromatic N) is 1. The summed E-state index contributed by atoms with van der Waals surface area (Å²) in [5, 5.41) is 5.80. The van der Waals surface area contributed by atoms with Gasteiger partial charge in [-0.3, -0.25) is 19.1 Å². The molecule has 4 amide bonds. The van der Waals surface area contributed by atoms with Crippen molar-refractivity contribution in [2.45, 2.75) is 120 Å². The molecule has 4 fully saturated rings. The number of aryl methyl sites for hydroxylation is 1. The van der Waals surface area contributed by atoms with Gasteiger partial charge in [0.1, 0.15) is 23.2 Å². The maximum Gasteiger partial charge on any atom is 0.407 e. The third-order valence-electron chi connectivity index (χ3n) is 12.2. The SMILES string of the molecule is CO[C@@]12C[C@@H](C(=O)N[C@]3(C(=O)NS(=O)(=O)C4CC4)CC3C3CC3)N(C1)C(=O)[C@H](C(C)(C)C)NC(=O)OCCCCCCc1ccc(Cl)cc1-c1ccc2cc1. The van der Waals surface area contributed by atoms with E-state index < -0.39 is 67.7 Å². The van der Waals surface area contributed by atoms with Crippen molar-refractivity contribution < 1.29 is 37.1 Å². The first kappa shape index (κ1) is 39.6. The number of nitrogens with one attached hydrogen (secondary N) is 3. The number of carbonyl (C=O) groups is 4. The van der Waals surface area contributed by atoms with Crippen molar-refractivity contribution in [1.29, 1.82) is 0 Å². The number of sulfonamides is 1. The Balaban J connectivity index is 1.25. The van der Waals surface area contributed by atoms with Crippen molar-refractivity contribution in [3.8, 4) is 11.1 Å². The zero-order valence-electron chi connectivity index (χ0n) is 32.1. The van der Waals surface area contributed by atoms with Crippen LogP contribution in [0.25, 0.3) is 11.1 Å². The van der Waals surface area contributed by atoms with Crippen LogP contribution in [0, 0.1) is 17.3 Å². The Kier molecular flexibility index (Phi) is 10.8. The Hall–Kier alpha value is -3.68. The molecule has 1 saturated heterocycles. The predicted octanol–water partition coefficient (Wildman–Crippen LogP) is 5.60. The fourth-order valence-electron chi connectivity index (χ4n) is 8.51. The molecule has 2 aromatic carbocycles. The average molecular weight is 797 g/mol. The second-order valence-electron chi connectivity index (χ2n) is 17.3. The Morgan fingerprint density at radius 2 is 1.69 bits per heavy atom. The zero-order chi connectivity index (χ0) is 39.3. The fraction of sp³-hybridized carbons (Fsp3) is 0.610. The molecule has 3 saturated carbocycles. The van der Waals surface area contributed by atoms with Crippen LogP contribution >= 0.6 is 11.6 Å². The molecular formula is C41H53ClN4O8S. The first-order valence-corrected chi connectivity index (χ1v) is 21.6. The van der Waals surface area contributed by atoms with Crippen molar-refractivity contribution in [3.05, 3.63) is 58.6 Å². The van der Waals surface area contributed by atoms with E-state index in [-0.39, 0.29) is 31.4 Å². The average Bonchev–Trinajstić information content (AvgIpc) is 4.01. The second-order valence-corrected chi connectivity index (χ2v) is 19.7. The van der Waals surface area contributed by atoms with Gasteiger partial charge in [-0.05, 0) is 103 Å². The summed E-state index contributed by atoms with van der Waals surface area (Å²) in [6, 6.07) is 11.6. The second kappa shape index (κ2) is 15.0. The summed E-state index contributed by atoms with van der Waals surface area (Å²) in [5.41, 5.74) is 0.582. The monoisotopic (exact) mass is 796 g/mol. The highest BCUT2D eigenvalue weighted by molar-refractivity contribution is 7.91. The lowest BCUT2D eigenvalue weighted by atomic mass is 9.85. The molecule has 0 spiro atoms. The number of fused-ring (bicyclic) bond motifs is 12. The van der Waals surface area contributed by atoms with E-state index in [1.165, 1.54) is 10.5 Å². The third kappa shape index (κ3) is 8.25. The molecule has 4 bridgehead atoms. The predicted molar refractivity (Wildman–Crippen MR) is 207 cm³/mol. The molecule has 5 atom stereocenters. The summed E-state index contributed by atoms with van der Waals surface area (Å²) >= 11 is 6.48. The number of carbonyl (C=O) groups excluding carboxylic acids is 4. The van der Waals surface area contributed by atoms with E-state index in [1.807, 2.05) is 57.2 Å². The summed E-state index contributed by atoms with van der Waals surface area (Å²) in [6.07, 6.45) is 6.70. The van der Waals surface area contributed by atoms with Crippen LogP contribution < -0.4 is 15.4 Å². The molecule has 3 aliphatic heterocycles. The number of halogens is 1. The molecule has 3 heterocycles. The molecule has 6 aliphatic rings. The highest BCUT2D eigenvalue weighted by atomic mass is 35.5. The van der Waals surface area contributed by atoms with Gasteiger partial charge in [0.2, 0.25) is 21.8 Å². The van der Waals surface area contributed by atoms with Crippen LogP contribution in [0.2, 0.25) is 5.02 Å². The molecule has 3 aliphatic carbocycles. The molecule has 14 heteroatoms. The van der Waals surface area contributed by atoms with E-state index >= 15 is 0 Å². The molecular weight excluding hydrogens is 744 g/mol. The number of hydrogen-bond acceptors (Lipinski definition) is 8. The van der Waals surface area contributed by atoms with Gasteiger partial charge in [0.05, 0.1) is 18.4 Å². The molecule has 298 valence electrons. The smallest absolute Gasteiger partial charge is 0.407 e. The molecule has 0 aromatic heterocycles. The molecule has 2 aromatic rings. The van der Waals surface area contributed by atoms with Gasteiger partial charge < -0.3 is 25.0 Å². The molecule has 1 unspecified atom stereocenters. The van der Waals surface area contributed by atoms with Crippen molar-refractivity contribution in [3.63, 3.8) is 0 Å². The van der Waals surface area contributed by atoms with Crippen LogP contribution in [-0.2, 0) is 45.9 Å². The summed E-state index contributed by atoms with van der Waals surface area (Å²) in [7, 11) is -2.32. The van der Waals surface area contributed by atoms with E-state index in [2.05, 4.69) is 21.4 Å². The van der Waals surface area contributed by atoms with E-state index in [4.69, 9.17) is 21.1 Å². The van der Waals surface area contributed by atoms with E-state index in [1.54, 1.807) is 7.11 Å². The number of ether oxygens (including phenoxy) is 2. The van der Waals surface area contributed by atoms with Gasteiger partial charge in [0, 0.05) is 18.6 Å². The number of hydrogen-bond donors (Lipinski definition) is 3. The number of amides is 4. The molecule has 12 nitrogen and oxygen atoms in total. The van der Waals surface area contributed by atoms with E-state index in [0.29, 0.717) is 30.7 Å². The van der Waals surface area contributed by atoms with Gasteiger partial charge in [-0.25, -0.2) is 13.2 Å². The van der Waals surface area contributed by atoms with Gasteiger partial charge in [0.25, 0.3) is 5.91 Å². The standard InChI is InChI=1S/C41H53ClN4O8S/c1-39(2,3)34-36(48)46-24-40(53-4,23-33(46)35(47)44-41(22-32(41)27-10-11-27)37(49)45-55(51,52)30-18-19-30)28-15-12-26(13-16-28)31-21-29(42)17-14-25(31)9-7-5-6-8-20-54-38(50)43-34/h12-17,21,27,30,32-34H,5-11,18-20,22-24H2,1-4H3,(H,43,50)(H,44,47)(H,45,49)/t32?,33-,34+,40-,41+/m0/s1. The maximum absolute atomic E-state index is 14.8. The molecule has 8 rings (SSSR count). The first-order chi connectivity index (χ1) is 26.1. The third-order valence-corrected chi connectivity index (χ3v) is 14.3. The number of methoxy groups -OCH3 is 1. The summed E-state index contributed by atoms with van der Waals surface area (Å²) in [5.74, 6) is -1.80. The first-order valence-electron chi connectivity index (χ1n) is 19.6. The van der Waals surface area contributed by atoms with Crippen LogP contribution in [0.3, 0.4) is 0 Å². The number of benzene rings is 2. The van der Waals surface area contributed by atoms with E-state index in [9.17, 15) is 27.6 Å². The quantitative estimate of drug-likeness (QED) is 0.327. The van der Waals surface area contributed by atoms with Crippen LogP contribution in [-0.4, -0.2) is 80.3 Å². The minimum Gasteiger partial charge on any atom is -0.450 e. The van der Waals surface area contributed by atoms with E-state index in [0.717, 1.165) is 55.2 Å². The lowest BCUT2D eigenvalue weighted by Gasteiger charge is -2.36. The van der Waals surface area contributed by atoms with Gasteiger partial charge in [-0.2, -0.15) is 0 Å². The van der Waals surface area contributed by atoms with Gasteiger partial charge in [0.15, 0.2) is 0 Å². The summed E-state index contributed by atoms with van der Waals surface area (Å²) in [4.78, 5) is 57.9. The molecule has 3 N–H and O–H groups in total. The Bertz CT molecular complexity index is 1940. The Labute approximate surface area is 328 Å². The van der Waals surface area contributed by atoms with Crippen LogP contribution in [0.15, 0.2) is 42.5 Å². The van der Waals surface area contributed by atoms with Crippen molar-refractivity contribution in [2.24, 2.45) is 17.3 Å². The summed E-state index contributed by atoms with van der Waals surface area (Å²) < 4.78 is 39.9. The maximum atomic E-state index is 14.8. The Morgan fingerprint density at radius 1 is 0.982 bits per heavy atom. The number of rotatable bonds is 7. The van der Waals surface area contributed by atoms with Crippen LogP contribution in [0.4, 0.5) is 4.79 Å². The summed E-state index contributed by atoms with van der Waals surface area (Å²) in [6.45, 7) is 5.66. The highest BCUT2D eigenvalue weighted by Crippen LogP contribution is 2.57. The molecule has 55 heavy (non-hydrogen) atoms. The van der Waals surface area contributed by atoms with Gasteiger partial charge in [-0.1, -0.05) is 75.5 Å². The Morgan fingerprint density at radius 3 is 2.35 bits per heavy atom.